The molecule has 2 aromatic carbocycles. The summed E-state index contributed by atoms with van der Waals surface area (Å²) in [7, 11) is 1.54. The largest absolute Gasteiger partial charge is 0.493 e. The van der Waals surface area contributed by atoms with Crippen LogP contribution in [0.4, 0.5) is 10.5 Å². The van der Waals surface area contributed by atoms with Crippen LogP contribution in [0.25, 0.3) is 11.8 Å². The molecule has 0 aliphatic carbocycles. The molecule has 9 nitrogen and oxygen atoms in total. The first kappa shape index (κ1) is 25.1. The summed E-state index contributed by atoms with van der Waals surface area (Å²) in [5.74, 6) is 0.742. The van der Waals surface area contributed by atoms with Gasteiger partial charge in [-0.05, 0) is 74.0 Å². The zero-order valence-electron chi connectivity index (χ0n) is 20.3. The molecule has 0 spiro atoms. The van der Waals surface area contributed by atoms with Gasteiger partial charge in [0.15, 0.2) is 11.5 Å². The highest BCUT2D eigenvalue weighted by Crippen LogP contribution is 2.34. The van der Waals surface area contributed by atoms with Crippen molar-refractivity contribution < 1.29 is 24.0 Å². The number of para-hydroxylation sites is 2. The monoisotopic (exact) mass is 507 g/mol. The summed E-state index contributed by atoms with van der Waals surface area (Å²) in [5, 5.41) is 10.7. The highest BCUT2D eigenvalue weighted by atomic mass is 32.2. The van der Waals surface area contributed by atoms with Crippen LogP contribution in [0.2, 0.25) is 0 Å². The molecule has 1 fully saturated rings. The second kappa shape index (κ2) is 10.3. The van der Waals surface area contributed by atoms with Crippen molar-refractivity contribution >= 4 is 34.7 Å². The number of amides is 2. The first-order chi connectivity index (χ1) is 17.2. The predicted molar refractivity (Wildman–Crippen MR) is 138 cm³/mol. The van der Waals surface area contributed by atoms with Crippen molar-refractivity contribution in [1.29, 1.82) is 0 Å². The zero-order chi connectivity index (χ0) is 26.0. The van der Waals surface area contributed by atoms with Gasteiger partial charge >= 0.3 is 0 Å². The van der Waals surface area contributed by atoms with Crippen LogP contribution in [0.5, 0.6) is 11.5 Å². The van der Waals surface area contributed by atoms with Crippen LogP contribution in [0.15, 0.2) is 53.4 Å². The standard InChI is InChI=1S/C26H25N3O6S/c1-16-13-20(29(32)33)9-10-21(16)28-17(2)14-19(18(28)3)15-24-25(30)27(26(31)36-24)11-12-35-23-8-6-5-7-22(23)34-4/h5-10,13-15H,11-12H2,1-4H3/b24-15-. The Balaban J connectivity index is 1.52. The van der Waals surface area contributed by atoms with Gasteiger partial charge in [0.25, 0.3) is 16.8 Å². The third-order valence-electron chi connectivity index (χ3n) is 5.90. The Morgan fingerprint density at radius 2 is 1.78 bits per heavy atom. The molecule has 186 valence electrons. The third kappa shape index (κ3) is 4.85. The molecule has 4 rings (SSSR count). The maximum Gasteiger partial charge on any atom is 0.293 e. The van der Waals surface area contributed by atoms with Gasteiger partial charge in [-0.1, -0.05) is 12.1 Å². The van der Waals surface area contributed by atoms with Crippen molar-refractivity contribution in [3.05, 3.63) is 86.1 Å². The highest BCUT2D eigenvalue weighted by Gasteiger charge is 2.35. The number of thioether (sulfide) groups is 1. The van der Waals surface area contributed by atoms with Gasteiger partial charge in [-0.25, -0.2) is 0 Å². The van der Waals surface area contributed by atoms with Crippen LogP contribution in [0, 0.1) is 30.9 Å². The summed E-state index contributed by atoms with van der Waals surface area (Å²) in [5.41, 5.74) is 4.16. The van der Waals surface area contributed by atoms with E-state index in [1.165, 1.54) is 17.0 Å². The zero-order valence-corrected chi connectivity index (χ0v) is 21.1. The summed E-state index contributed by atoms with van der Waals surface area (Å²) in [4.78, 5) is 37.7. The lowest BCUT2D eigenvalue weighted by Crippen LogP contribution is -2.32. The Bertz CT molecular complexity index is 1390. The van der Waals surface area contributed by atoms with Crippen LogP contribution in [-0.4, -0.2) is 45.8 Å². The van der Waals surface area contributed by atoms with E-state index in [-0.39, 0.29) is 30.0 Å². The molecule has 0 unspecified atom stereocenters. The minimum Gasteiger partial charge on any atom is -0.493 e. The third-order valence-corrected chi connectivity index (χ3v) is 6.81. The molecule has 10 heteroatoms. The summed E-state index contributed by atoms with van der Waals surface area (Å²) < 4.78 is 13.0. The second-order valence-electron chi connectivity index (χ2n) is 8.22. The molecule has 0 N–H and O–H groups in total. The molecule has 2 heterocycles. The molecule has 1 saturated heterocycles. The van der Waals surface area contributed by atoms with E-state index in [9.17, 15) is 19.7 Å². The van der Waals surface area contributed by atoms with Crippen molar-refractivity contribution in [3.63, 3.8) is 0 Å². The van der Waals surface area contributed by atoms with Gasteiger partial charge in [0, 0.05) is 29.2 Å². The number of aryl methyl sites for hydroxylation is 2. The average Bonchev–Trinajstić information content (AvgIpc) is 3.28. The molecular weight excluding hydrogens is 482 g/mol. The van der Waals surface area contributed by atoms with Crippen LogP contribution < -0.4 is 9.47 Å². The molecule has 1 aliphatic rings. The normalized spacial score (nSPS) is 14.6. The molecule has 0 atom stereocenters. The average molecular weight is 508 g/mol. The van der Waals surface area contributed by atoms with Gasteiger partial charge < -0.3 is 14.0 Å². The number of methoxy groups -OCH3 is 1. The number of imide groups is 1. The maximum absolute atomic E-state index is 13.0. The number of nitro benzene ring substituents is 1. The lowest BCUT2D eigenvalue weighted by Gasteiger charge is -2.14. The second-order valence-corrected chi connectivity index (χ2v) is 9.22. The van der Waals surface area contributed by atoms with Crippen molar-refractivity contribution in [1.82, 2.24) is 9.47 Å². The number of nitro groups is 1. The van der Waals surface area contributed by atoms with E-state index in [1.54, 1.807) is 31.4 Å². The smallest absolute Gasteiger partial charge is 0.293 e. The van der Waals surface area contributed by atoms with E-state index in [0.717, 1.165) is 40.0 Å². The van der Waals surface area contributed by atoms with Crippen molar-refractivity contribution in [2.45, 2.75) is 20.8 Å². The van der Waals surface area contributed by atoms with Gasteiger partial charge in [0.1, 0.15) is 6.61 Å². The number of hydrogen-bond acceptors (Lipinski definition) is 7. The number of aromatic nitrogens is 1. The first-order valence-electron chi connectivity index (χ1n) is 11.2. The van der Waals surface area contributed by atoms with E-state index in [2.05, 4.69) is 0 Å². The number of non-ortho nitro benzene ring substituents is 1. The molecule has 2 amide bonds. The van der Waals surface area contributed by atoms with Gasteiger partial charge in [0.05, 0.1) is 23.5 Å². The number of rotatable bonds is 8. The number of carbonyl (C=O) groups is 2. The Hall–Kier alpha value is -4.05. The lowest BCUT2D eigenvalue weighted by molar-refractivity contribution is -0.384. The van der Waals surface area contributed by atoms with E-state index in [0.29, 0.717) is 16.4 Å². The number of ether oxygens (including phenoxy) is 2. The van der Waals surface area contributed by atoms with Crippen molar-refractivity contribution in [2.24, 2.45) is 0 Å². The Labute approximate surface area is 212 Å². The number of benzene rings is 2. The van der Waals surface area contributed by atoms with Gasteiger partial charge in [-0.2, -0.15) is 0 Å². The van der Waals surface area contributed by atoms with Gasteiger partial charge in [-0.3, -0.25) is 24.6 Å². The lowest BCUT2D eigenvalue weighted by atomic mass is 10.1. The quantitative estimate of drug-likeness (QED) is 0.227. The first-order valence-corrected chi connectivity index (χ1v) is 12.0. The molecule has 0 bridgehead atoms. The Kier molecular flexibility index (Phi) is 7.16. The van der Waals surface area contributed by atoms with Crippen LogP contribution >= 0.6 is 11.8 Å². The van der Waals surface area contributed by atoms with Crippen LogP contribution in [-0.2, 0) is 4.79 Å². The van der Waals surface area contributed by atoms with Crippen LogP contribution in [0.1, 0.15) is 22.5 Å². The Morgan fingerprint density at radius 3 is 2.44 bits per heavy atom. The summed E-state index contributed by atoms with van der Waals surface area (Å²) >= 11 is 0.893. The topological polar surface area (TPSA) is 104 Å². The predicted octanol–water partition coefficient (Wildman–Crippen LogP) is 5.43. The molecule has 0 radical (unpaired) electrons. The van der Waals surface area contributed by atoms with E-state index < -0.39 is 4.92 Å². The van der Waals surface area contributed by atoms with E-state index in [1.807, 2.05) is 43.5 Å². The number of nitrogens with zero attached hydrogens (tertiary/aromatic N) is 3. The van der Waals surface area contributed by atoms with Crippen molar-refractivity contribution in [2.75, 3.05) is 20.3 Å². The highest BCUT2D eigenvalue weighted by molar-refractivity contribution is 8.18. The SMILES string of the molecule is COc1ccccc1OCCN1C(=O)S/C(=C\c2cc(C)n(-c3ccc([N+](=O)[O-])cc3C)c2C)C1=O. The maximum atomic E-state index is 13.0. The summed E-state index contributed by atoms with van der Waals surface area (Å²) in [6.07, 6.45) is 1.71. The number of carbonyl (C=O) groups excluding carboxylic acids is 2. The molecule has 1 aromatic heterocycles. The van der Waals surface area contributed by atoms with Gasteiger partial charge in [0.2, 0.25) is 0 Å². The van der Waals surface area contributed by atoms with Gasteiger partial charge in [-0.15, -0.1) is 0 Å². The fourth-order valence-electron chi connectivity index (χ4n) is 4.13. The minimum atomic E-state index is -0.422. The van der Waals surface area contributed by atoms with Crippen molar-refractivity contribution in [3.8, 4) is 17.2 Å². The number of hydrogen-bond donors (Lipinski definition) is 0. The molecule has 0 saturated carbocycles. The van der Waals surface area contributed by atoms with E-state index in [4.69, 9.17) is 9.47 Å². The molecule has 3 aromatic rings. The molecule has 36 heavy (non-hydrogen) atoms. The fraction of sp³-hybridized carbons (Fsp3) is 0.231. The fourth-order valence-corrected chi connectivity index (χ4v) is 4.98. The van der Waals surface area contributed by atoms with Crippen LogP contribution in [0.3, 0.4) is 0 Å². The minimum absolute atomic E-state index is 0.0299. The molecular formula is C26H25N3O6S. The Morgan fingerprint density at radius 1 is 1.06 bits per heavy atom. The summed E-state index contributed by atoms with van der Waals surface area (Å²) in [6.45, 7) is 5.90. The van der Waals surface area contributed by atoms with E-state index >= 15 is 0 Å². The molecule has 1 aliphatic heterocycles. The summed E-state index contributed by atoms with van der Waals surface area (Å²) in [6, 6.07) is 13.8.